The summed E-state index contributed by atoms with van der Waals surface area (Å²) in [5, 5.41) is 3.16. The zero-order chi connectivity index (χ0) is 16.5. The molecule has 0 saturated heterocycles. The topological polar surface area (TPSA) is 162 Å². The van der Waals surface area contributed by atoms with E-state index in [4.69, 9.17) is 11.3 Å². The molecule has 0 amide bonds. The summed E-state index contributed by atoms with van der Waals surface area (Å²) in [5.41, 5.74) is 13.6. The monoisotopic (exact) mass is 322 g/mol. The van der Waals surface area contributed by atoms with Crippen molar-refractivity contribution in [2.24, 2.45) is 10.8 Å². The van der Waals surface area contributed by atoms with Crippen molar-refractivity contribution in [3.63, 3.8) is 0 Å². The lowest BCUT2D eigenvalue weighted by atomic mass is 10.3. The van der Waals surface area contributed by atoms with Crippen LogP contribution < -0.4 is 5.73 Å². The van der Waals surface area contributed by atoms with E-state index in [1.54, 1.807) is 0 Å². The quantitative estimate of drug-likeness (QED) is 0.154. The van der Waals surface area contributed by atoms with Gasteiger partial charge in [-0.25, -0.2) is 18.0 Å². The predicted molar refractivity (Wildman–Crippen MR) is 72.6 cm³/mol. The van der Waals surface area contributed by atoms with Gasteiger partial charge in [0, 0.05) is 11.5 Å². The van der Waals surface area contributed by atoms with Crippen molar-refractivity contribution in [3.05, 3.63) is 10.4 Å². The van der Waals surface area contributed by atoms with Gasteiger partial charge in [-0.3, -0.25) is 5.73 Å². The highest BCUT2D eigenvalue weighted by Crippen LogP contribution is 2.18. The highest BCUT2D eigenvalue weighted by molar-refractivity contribution is 7.94. The van der Waals surface area contributed by atoms with Crippen LogP contribution in [0, 0.1) is 0 Å². The maximum atomic E-state index is 12.2. The van der Waals surface area contributed by atoms with Crippen LogP contribution in [-0.2, 0) is 28.9 Å². The van der Waals surface area contributed by atoms with Gasteiger partial charge < -0.3 is 9.47 Å². The van der Waals surface area contributed by atoms with E-state index in [1.165, 1.54) is 13.8 Å². The van der Waals surface area contributed by atoms with Crippen molar-refractivity contribution in [2.75, 3.05) is 25.5 Å². The Morgan fingerprint density at radius 2 is 1.71 bits per heavy atom. The lowest BCUT2D eigenvalue weighted by Crippen LogP contribution is -2.62. The van der Waals surface area contributed by atoms with Crippen molar-refractivity contribution < 1.29 is 27.5 Å². The highest BCUT2D eigenvalue weighted by Gasteiger charge is 2.56. The molecule has 0 unspecified atom stereocenters. The van der Waals surface area contributed by atoms with E-state index in [0.29, 0.717) is 0 Å². The molecule has 2 N–H and O–H groups in total. The highest BCUT2D eigenvalue weighted by atomic mass is 32.2. The SMILES string of the molecule is CCOC(=O)C(N)(C(=O)OCC)S(=O)(=O)CCCN=[N+]=[N-]. The van der Waals surface area contributed by atoms with E-state index in [1.807, 2.05) is 0 Å². The first-order valence-electron chi connectivity index (χ1n) is 6.14. The van der Waals surface area contributed by atoms with Crippen LogP contribution in [0.25, 0.3) is 10.4 Å². The molecule has 0 saturated carbocycles. The molecule has 0 atom stereocenters. The summed E-state index contributed by atoms with van der Waals surface area (Å²) in [4.78, 5) is 23.2. The Morgan fingerprint density at radius 1 is 1.24 bits per heavy atom. The molecule has 0 rings (SSSR count). The molecule has 0 fully saturated rings. The molecule has 10 nitrogen and oxygen atoms in total. The van der Waals surface area contributed by atoms with E-state index in [2.05, 4.69) is 19.5 Å². The summed E-state index contributed by atoms with van der Waals surface area (Å²) in [7, 11) is -4.40. The molecular formula is C10H18N4O6S. The molecule has 0 bridgehead atoms. The second-order valence-electron chi connectivity index (χ2n) is 3.80. The number of sulfone groups is 1. The summed E-state index contributed by atoms with van der Waals surface area (Å²) in [6.07, 6.45) is -0.0931. The zero-order valence-electron chi connectivity index (χ0n) is 11.8. The Bertz CT molecular complexity index is 508. The molecule has 0 aromatic carbocycles. The average molecular weight is 322 g/mol. The van der Waals surface area contributed by atoms with Crippen LogP contribution in [0.5, 0.6) is 0 Å². The molecule has 0 radical (unpaired) electrons. The van der Waals surface area contributed by atoms with Crippen LogP contribution >= 0.6 is 0 Å². The van der Waals surface area contributed by atoms with Crippen molar-refractivity contribution >= 4 is 21.8 Å². The molecule has 0 aliphatic carbocycles. The van der Waals surface area contributed by atoms with Gasteiger partial charge in [0.15, 0.2) is 9.84 Å². The Kier molecular flexibility index (Phi) is 7.71. The van der Waals surface area contributed by atoms with Crippen LogP contribution in [0.2, 0.25) is 0 Å². The van der Waals surface area contributed by atoms with Crippen molar-refractivity contribution in [3.8, 4) is 0 Å². The van der Waals surface area contributed by atoms with Crippen LogP contribution in [0.15, 0.2) is 5.11 Å². The minimum Gasteiger partial charge on any atom is -0.463 e. The number of hydrogen-bond acceptors (Lipinski definition) is 8. The number of hydrogen-bond donors (Lipinski definition) is 1. The Balaban J connectivity index is 5.41. The normalized spacial score (nSPS) is 11.4. The summed E-state index contributed by atoms with van der Waals surface area (Å²) in [5.74, 6) is -3.42. The first-order chi connectivity index (χ1) is 9.77. The number of ether oxygens (including phenoxy) is 2. The summed E-state index contributed by atoms with van der Waals surface area (Å²) < 4.78 is 33.5. The molecule has 0 aliphatic rings. The summed E-state index contributed by atoms with van der Waals surface area (Å²) in [6.45, 7) is 2.48. The van der Waals surface area contributed by atoms with Gasteiger partial charge in [-0.15, -0.1) is 0 Å². The number of rotatable bonds is 9. The lowest BCUT2D eigenvalue weighted by Gasteiger charge is -2.24. The van der Waals surface area contributed by atoms with Gasteiger partial charge in [0.05, 0.1) is 19.0 Å². The van der Waals surface area contributed by atoms with E-state index >= 15 is 0 Å². The maximum Gasteiger partial charge on any atom is 0.354 e. The molecule has 0 aromatic heterocycles. The standard InChI is InChI=1S/C10H18N4O6S/c1-3-19-8(15)10(11,9(16)20-4-2)21(17,18)7-5-6-13-14-12/h3-7,11H2,1-2H3. The molecule has 0 heterocycles. The van der Waals surface area contributed by atoms with E-state index in [9.17, 15) is 18.0 Å². The minimum absolute atomic E-state index is 0.0931. The zero-order valence-corrected chi connectivity index (χ0v) is 12.6. The smallest absolute Gasteiger partial charge is 0.354 e. The van der Waals surface area contributed by atoms with Gasteiger partial charge in [0.25, 0.3) is 0 Å². The van der Waals surface area contributed by atoms with Gasteiger partial charge in [-0.1, -0.05) is 5.11 Å². The Labute approximate surface area is 122 Å². The van der Waals surface area contributed by atoms with Crippen molar-refractivity contribution in [2.45, 2.75) is 25.1 Å². The number of esters is 2. The fourth-order valence-electron chi connectivity index (χ4n) is 1.34. The fraction of sp³-hybridized carbons (Fsp3) is 0.800. The third-order valence-electron chi connectivity index (χ3n) is 2.38. The minimum atomic E-state index is -4.40. The molecule has 0 aromatic rings. The summed E-state index contributed by atoms with van der Waals surface area (Å²) in [6, 6.07) is 0. The number of carbonyl (C=O) groups is 2. The Morgan fingerprint density at radius 3 is 2.10 bits per heavy atom. The number of nitrogens with zero attached hydrogens (tertiary/aromatic N) is 3. The molecule has 0 spiro atoms. The third-order valence-corrected chi connectivity index (χ3v) is 4.52. The number of carbonyl (C=O) groups excluding carboxylic acids is 2. The van der Waals surface area contributed by atoms with Gasteiger partial charge in [0.2, 0.25) is 0 Å². The van der Waals surface area contributed by atoms with Crippen molar-refractivity contribution in [1.29, 1.82) is 0 Å². The fourth-order valence-corrected chi connectivity index (χ4v) is 2.80. The van der Waals surface area contributed by atoms with Crippen LogP contribution in [0.3, 0.4) is 0 Å². The van der Waals surface area contributed by atoms with E-state index in [-0.39, 0.29) is 26.2 Å². The Hall–Kier alpha value is -1.84. The molecule has 21 heavy (non-hydrogen) atoms. The second-order valence-corrected chi connectivity index (χ2v) is 6.09. The van der Waals surface area contributed by atoms with Gasteiger partial charge in [-0.05, 0) is 25.8 Å². The van der Waals surface area contributed by atoms with Gasteiger partial charge in [0.1, 0.15) is 0 Å². The van der Waals surface area contributed by atoms with Crippen LogP contribution in [-0.4, -0.2) is 50.7 Å². The first kappa shape index (κ1) is 19.2. The second kappa shape index (κ2) is 8.45. The first-order valence-corrected chi connectivity index (χ1v) is 7.79. The van der Waals surface area contributed by atoms with Crippen LogP contribution in [0.1, 0.15) is 20.3 Å². The molecule has 11 heteroatoms. The maximum absolute atomic E-state index is 12.2. The van der Waals surface area contributed by atoms with Crippen molar-refractivity contribution in [1.82, 2.24) is 0 Å². The predicted octanol–water partition coefficient (Wildman–Crippen LogP) is -0.117. The lowest BCUT2D eigenvalue weighted by molar-refractivity contribution is -0.158. The average Bonchev–Trinajstić information content (AvgIpc) is 2.43. The number of nitrogens with two attached hydrogens (primary N) is 1. The third kappa shape index (κ3) is 4.59. The number of azide groups is 1. The van der Waals surface area contributed by atoms with E-state index in [0.717, 1.165) is 0 Å². The largest absolute Gasteiger partial charge is 0.463 e. The molecular weight excluding hydrogens is 304 g/mol. The van der Waals surface area contributed by atoms with Gasteiger partial charge >= 0.3 is 16.8 Å². The summed E-state index contributed by atoms with van der Waals surface area (Å²) >= 11 is 0. The molecule has 120 valence electrons. The van der Waals surface area contributed by atoms with Gasteiger partial charge in [-0.2, -0.15) is 0 Å². The van der Waals surface area contributed by atoms with E-state index < -0.39 is 32.4 Å². The van der Waals surface area contributed by atoms with Crippen LogP contribution in [0.4, 0.5) is 0 Å². The molecule has 0 aliphatic heterocycles.